The van der Waals surface area contributed by atoms with E-state index < -0.39 is 0 Å². The number of nitrogens with zero attached hydrogens (tertiary/aromatic N) is 3. The van der Waals surface area contributed by atoms with Crippen molar-refractivity contribution < 1.29 is 4.79 Å². The Kier molecular flexibility index (Phi) is 3.75. The quantitative estimate of drug-likeness (QED) is 0.937. The Morgan fingerprint density at radius 3 is 2.95 bits per heavy atom. The smallest absolute Gasteiger partial charge is 0.273 e. The van der Waals surface area contributed by atoms with Gasteiger partial charge in [-0.3, -0.25) is 9.78 Å². The fourth-order valence-corrected chi connectivity index (χ4v) is 3.24. The summed E-state index contributed by atoms with van der Waals surface area (Å²) in [5.74, 6) is 0.000243. The monoisotopic (exact) mass is 288 g/mol. The largest absolute Gasteiger partial charge is 0.330 e. The second-order valence-corrected chi connectivity index (χ2v) is 5.71. The minimum atomic E-state index is 0.000243. The Bertz CT molecular complexity index is 598. The number of hydrogen-bond acceptors (Lipinski definition) is 5. The van der Waals surface area contributed by atoms with Gasteiger partial charge in [0.15, 0.2) is 0 Å². The number of rotatable bonds is 3. The van der Waals surface area contributed by atoms with Crippen LogP contribution in [0, 0.1) is 0 Å². The molecule has 2 aromatic rings. The average Bonchev–Trinajstić information content (AvgIpc) is 3.16. The molecule has 0 aliphatic carbocycles. The van der Waals surface area contributed by atoms with Crippen molar-refractivity contribution in [3.8, 4) is 0 Å². The molecule has 0 spiro atoms. The third kappa shape index (κ3) is 2.44. The molecule has 1 aliphatic heterocycles. The van der Waals surface area contributed by atoms with Gasteiger partial charge < -0.3 is 10.6 Å². The van der Waals surface area contributed by atoms with Crippen molar-refractivity contribution in [2.45, 2.75) is 25.4 Å². The Morgan fingerprint density at radius 1 is 1.45 bits per heavy atom. The summed E-state index contributed by atoms with van der Waals surface area (Å²) >= 11 is 1.44. The van der Waals surface area contributed by atoms with E-state index in [-0.39, 0.29) is 11.9 Å². The molecule has 3 rings (SSSR count). The lowest BCUT2D eigenvalue weighted by Crippen LogP contribution is -2.30. The average molecular weight is 288 g/mol. The van der Waals surface area contributed by atoms with Crippen LogP contribution in [-0.4, -0.2) is 27.3 Å². The maximum absolute atomic E-state index is 12.6. The molecule has 0 saturated carbocycles. The Hall–Kier alpha value is -1.79. The molecule has 6 heteroatoms. The van der Waals surface area contributed by atoms with Crippen LogP contribution < -0.4 is 5.73 Å². The van der Waals surface area contributed by atoms with Crippen LogP contribution in [-0.2, 0) is 6.54 Å². The summed E-state index contributed by atoms with van der Waals surface area (Å²) in [5, 5.41) is 2.60. The lowest BCUT2D eigenvalue weighted by Gasteiger charge is -2.24. The van der Waals surface area contributed by atoms with Gasteiger partial charge in [-0.25, -0.2) is 4.98 Å². The highest BCUT2D eigenvalue weighted by Crippen LogP contribution is 2.32. The highest BCUT2D eigenvalue weighted by Gasteiger charge is 2.31. The molecule has 2 N–H and O–H groups in total. The molecular weight excluding hydrogens is 272 g/mol. The molecule has 104 valence electrons. The van der Waals surface area contributed by atoms with E-state index in [0.29, 0.717) is 12.2 Å². The summed E-state index contributed by atoms with van der Waals surface area (Å²) in [6, 6.07) is 4.08. The maximum Gasteiger partial charge on any atom is 0.273 e. The number of aromatic nitrogens is 2. The molecule has 1 fully saturated rings. The summed E-state index contributed by atoms with van der Waals surface area (Å²) in [6.07, 6.45) is 5.55. The van der Waals surface area contributed by atoms with Crippen LogP contribution in [0.5, 0.6) is 0 Å². The van der Waals surface area contributed by atoms with Gasteiger partial charge in [0.1, 0.15) is 10.7 Å². The van der Waals surface area contributed by atoms with Gasteiger partial charge in [0.2, 0.25) is 0 Å². The number of thiazole rings is 1. The van der Waals surface area contributed by atoms with E-state index in [4.69, 9.17) is 5.73 Å². The number of likely N-dealkylation sites (tertiary alicyclic amines) is 1. The van der Waals surface area contributed by atoms with E-state index in [0.717, 1.165) is 30.0 Å². The Balaban J connectivity index is 1.83. The molecule has 0 radical (unpaired) electrons. The van der Waals surface area contributed by atoms with Crippen LogP contribution in [0.4, 0.5) is 0 Å². The molecule has 1 unspecified atom stereocenters. The molecule has 1 atom stereocenters. The third-order valence-corrected chi connectivity index (χ3v) is 4.42. The standard InChI is InChI=1S/C14H16N4OS/c15-8-13-17-11(9-20-13)14(19)18-7-1-2-12(18)10-3-5-16-6-4-10/h3-6,9,12H,1-2,7-8,15H2. The number of amides is 1. The summed E-state index contributed by atoms with van der Waals surface area (Å²) in [6.45, 7) is 1.16. The van der Waals surface area contributed by atoms with Crippen molar-refractivity contribution in [1.82, 2.24) is 14.9 Å². The number of carbonyl (C=O) groups excluding carboxylic acids is 1. The van der Waals surface area contributed by atoms with Crippen molar-refractivity contribution >= 4 is 17.2 Å². The second-order valence-electron chi connectivity index (χ2n) is 4.77. The molecule has 0 bridgehead atoms. The van der Waals surface area contributed by atoms with Gasteiger partial charge in [-0.15, -0.1) is 11.3 Å². The minimum absolute atomic E-state index is 0.000243. The third-order valence-electron chi connectivity index (χ3n) is 3.55. The van der Waals surface area contributed by atoms with Crippen molar-refractivity contribution in [1.29, 1.82) is 0 Å². The van der Waals surface area contributed by atoms with Crippen molar-refractivity contribution in [3.63, 3.8) is 0 Å². The number of pyridine rings is 1. The number of nitrogens with two attached hydrogens (primary N) is 1. The van der Waals surface area contributed by atoms with E-state index in [1.165, 1.54) is 11.3 Å². The lowest BCUT2D eigenvalue weighted by molar-refractivity contribution is 0.0730. The van der Waals surface area contributed by atoms with Crippen LogP contribution in [0.15, 0.2) is 29.9 Å². The fraction of sp³-hybridized carbons (Fsp3) is 0.357. The van der Waals surface area contributed by atoms with E-state index in [2.05, 4.69) is 9.97 Å². The molecular formula is C14H16N4OS. The van der Waals surface area contributed by atoms with Gasteiger partial charge in [-0.2, -0.15) is 0 Å². The van der Waals surface area contributed by atoms with Crippen LogP contribution in [0.25, 0.3) is 0 Å². The van der Waals surface area contributed by atoms with E-state index in [1.807, 2.05) is 17.0 Å². The Morgan fingerprint density at radius 2 is 2.25 bits per heavy atom. The molecule has 1 saturated heterocycles. The highest BCUT2D eigenvalue weighted by atomic mass is 32.1. The predicted molar refractivity (Wildman–Crippen MR) is 77.3 cm³/mol. The molecule has 0 aromatic carbocycles. The van der Waals surface area contributed by atoms with Crippen LogP contribution in [0.3, 0.4) is 0 Å². The first-order chi connectivity index (χ1) is 9.79. The second kappa shape index (κ2) is 5.68. The first-order valence-electron chi connectivity index (χ1n) is 6.65. The molecule has 5 nitrogen and oxygen atoms in total. The highest BCUT2D eigenvalue weighted by molar-refractivity contribution is 7.09. The fourth-order valence-electron chi connectivity index (χ4n) is 2.59. The zero-order valence-electron chi connectivity index (χ0n) is 11.0. The maximum atomic E-state index is 12.6. The van der Waals surface area contributed by atoms with Gasteiger partial charge in [0.05, 0.1) is 6.04 Å². The van der Waals surface area contributed by atoms with E-state index >= 15 is 0 Å². The normalized spacial score (nSPS) is 18.4. The van der Waals surface area contributed by atoms with Gasteiger partial charge in [0.25, 0.3) is 5.91 Å². The van der Waals surface area contributed by atoms with Gasteiger partial charge in [0, 0.05) is 30.9 Å². The van der Waals surface area contributed by atoms with Crippen molar-refractivity contribution in [2.75, 3.05) is 6.54 Å². The predicted octanol–water partition coefficient (Wildman–Crippen LogP) is 1.97. The van der Waals surface area contributed by atoms with E-state index in [1.54, 1.807) is 17.8 Å². The Labute approximate surface area is 121 Å². The molecule has 1 aliphatic rings. The molecule has 2 aromatic heterocycles. The molecule has 3 heterocycles. The molecule has 1 amide bonds. The molecule has 20 heavy (non-hydrogen) atoms. The summed E-state index contributed by atoms with van der Waals surface area (Å²) in [5.41, 5.74) is 7.20. The van der Waals surface area contributed by atoms with Gasteiger partial charge in [-0.1, -0.05) is 0 Å². The first-order valence-corrected chi connectivity index (χ1v) is 7.53. The van der Waals surface area contributed by atoms with E-state index in [9.17, 15) is 4.79 Å². The zero-order valence-corrected chi connectivity index (χ0v) is 11.8. The summed E-state index contributed by atoms with van der Waals surface area (Å²) < 4.78 is 0. The van der Waals surface area contributed by atoms with Crippen LogP contribution in [0.1, 0.15) is 39.9 Å². The SMILES string of the molecule is NCc1nc(C(=O)N2CCCC2c2ccncc2)cs1. The van der Waals surface area contributed by atoms with Gasteiger partial charge >= 0.3 is 0 Å². The van der Waals surface area contributed by atoms with Crippen LogP contribution in [0.2, 0.25) is 0 Å². The number of hydrogen-bond donors (Lipinski definition) is 1. The first kappa shape index (κ1) is 13.2. The zero-order chi connectivity index (χ0) is 13.9. The minimum Gasteiger partial charge on any atom is -0.330 e. The van der Waals surface area contributed by atoms with Gasteiger partial charge in [-0.05, 0) is 30.5 Å². The topological polar surface area (TPSA) is 72.1 Å². The van der Waals surface area contributed by atoms with Crippen molar-refractivity contribution in [2.24, 2.45) is 5.73 Å². The number of carbonyl (C=O) groups is 1. The summed E-state index contributed by atoms with van der Waals surface area (Å²) in [4.78, 5) is 22.8. The lowest BCUT2D eigenvalue weighted by atomic mass is 10.1. The van der Waals surface area contributed by atoms with Crippen molar-refractivity contribution in [3.05, 3.63) is 46.2 Å². The summed E-state index contributed by atoms with van der Waals surface area (Å²) in [7, 11) is 0. The van der Waals surface area contributed by atoms with Crippen LogP contribution >= 0.6 is 11.3 Å².